The number of nitrogens with zero attached hydrogens (tertiary/aromatic N) is 4. The van der Waals surface area contributed by atoms with Gasteiger partial charge in [0.2, 0.25) is 0 Å². The Labute approximate surface area is 205 Å². The van der Waals surface area contributed by atoms with Gasteiger partial charge in [0.05, 0.1) is 13.2 Å². The van der Waals surface area contributed by atoms with Gasteiger partial charge in [-0.3, -0.25) is 14.8 Å². The summed E-state index contributed by atoms with van der Waals surface area (Å²) in [5, 5.41) is 7.14. The summed E-state index contributed by atoms with van der Waals surface area (Å²) < 4.78 is 5.35. The SMILES string of the molecule is CN=C(NCC1CN(C)CCN1C)NCC(c1ccc(OC)cc1)N1CCCCC1.I. The Bertz CT molecular complexity index is 665. The number of methoxy groups -OCH3 is 1. The topological polar surface area (TPSA) is 55.4 Å². The van der Waals surface area contributed by atoms with Gasteiger partial charge in [-0.1, -0.05) is 18.6 Å². The minimum absolute atomic E-state index is 0. The van der Waals surface area contributed by atoms with E-state index in [-0.39, 0.29) is 24.0 Å². The molecule has 2 aliphatic heterocycles. The maximum Gasteiger partial charge on any atom is 0.191 e. The lowest BCUT2D eigenvalue weighted by atomic mass is 10.0. The molecule has 7 nitrogen and oxygen atoms in total. The highest BCUT2D eigenvalue weighted by molar-refractivity contribution is 14.0. The Balaban J connectivity index is 0.00000341. The second kappa shape index (κ2) is 13.4. The van der Waals surface area contributed by atoms with E-state index in [0.29, 0.717) is 12.1 Å². The fourth-order valence-corrected chi connectivity index (χ4v) is 4.46. The van der Waals surface area contributed by atoms with E-state index in [1.165, 1.54) is 24.8 Å². The Morgan fingerprint density at radius 1 is 1.06 bits per heavy atom. The number of ether oxygens (including phenoxy) is 1. The smallest absolute Gasteiger partial charge is 0.191 e. The summed E-state index contributed by atoms with van der Waals surface area (Å²) in [5.74, 6) is 1.79. The van der Waals surface area contributed by atoms with E-state index in [2.05, 4.69) is 68.7 Å². The molecule has 0 bridgehead atoms. The molecule has 1 aromatic rings. The van der Waals surface area contributed by atoms with E-state index in [4.69, 9.17) is 4.74 Å². The van der Waals surface area contributed by atoms with Crippen molar-refractivity contribution in [3.05, 3.63) is 29.8 Å². The van der Waals surface area contributed by atoms with E-state index in [9.17, 15) is 0 Å². The fraction of sp³-hybridized carbons (Fsp3) is 0.696. The van der Waals surface area contributed by atoms with Gasteiger partial charge in [0.1, 0.15) is 5.75 Å². The monoisotopic (exact) mass is 544 g/mol. The van der Waals surface area contributed by atoms with Crippen molar-refractivity contribution in [1.82, 2.24) is 25.3 Å². The second-order valence-electron chi connectivity index (χ2n) is 8.62. The predicted octanol–water partition coefficient (Wildman–Crippen LogP) is 2.25. The Morgan fingerprint density at radius 2 is 1.77 bits per heavy atom. The third-order valence-corrected chi connectivity index (χ3v) is 6.50. The van der Waals surface area contributed by atoms with Crippen LogP contribution in [0.3, 0.4) is 0 Å². The number of benzene rings is 1. The standard InChI is InChI=1S/C23H40N6O.HI/c1-24-23(25-16-20-18-27(2)14-15-28(20)3)26-17-22(29-12-6-5-7-13-29)19-8-10-21(30-4)11-9-19;/h8-11,20,22H,5-7,12-18H2,1-4H3,(H2,24,25,26);1H. The van der Waals surface area contributed by atoms with Gasteiger partial charge >= 0.3 is 0 Å². The molecule has 3 rings (SSSR count). The molecule has 2 heterocycles. The van der Waals surface area contributed by atoms with Gasteiger partial charge in [-0.2, -0.15) is 0 Å². The first-order chi connectivity index (χ1) is 14.6. The van der Waals surface area contributed by atoms with Crippen molar-refractivity contribution >= 4 is 29.9 Å². The molecule has 2 aliphatic rings. The predicted molar refractivity (Wildman–Crippen MR) is 140 cm³/mol. The molecule has 0 aromatic heterocycles. The lowest BCUT2D eigenvalue weighted by Crippen LogP contribution is -2.55. The van der Waals surface area contributed by atoms with Gasteiger partial charge in [0, 0.05) is 45.8 Å². The van der Waals surface area contributed by atoms with E-state index in [0.717, 1.165) is 57.5 Å². The van der Waals surface area contributed by atoms with E-state index >= 15 is 0 Å². The summed E-state index contributed by atoms with van der Waals surface area (Å²) in [4.78, 5) is 11.9. The van der Waals surface area contributed by atoms with Crippen LogP contribution in [0.5, 0.6) is 5.75 Å². The van der Waals surface area contributed by atoms with Crippen molar-refractivity contribution in [3.63, 3.8) is 0 Å². The van der Waals surface area contributed by atoms with Crippen LogP contribution < -0.4 is 15.4 Å². The molecular formula is C23H41IN6O. The van der Waals surface area contributed by atoms with Crippen LogP contribution in [0.15, 0.2) is 29.3 Å². The minimum Gasteiger partial charge on any atom is -0.497 e. The van der Waals surface area contributed by atoms with Crippen molar-refractivity contribution in [3.8, 4) is 5.75 Å². The average molecular weight is 545 g/mol. The summed E-state index contributed by atoms with van der Waals surface area (Å²) in [6.45, 7) is 7.39. The number of hydrogen-bond donors (Lipinski definition) is 2. The molecule has 0 saturated carbocycles. The maximum atomic E-state index is 5.35. The first-order valence-corrected chi connectivity index (χ1v) is 11.3. The van der Waals surface area contributed by atoms with Gasteiger partial charge in [-0.05, 0) is 57.7 Å². The van der Waals surface area contributed by atoms with Crippen molar-refractivity contribution in [2.45, 2.75) is 31.3 Å². The molecule has 0 radical (unpaired) electrons. The number of aliphatic imine (C=N–C) groups is 1. The van der Waals surface area contributed by atoms with Crippen LogP contribution in [0, 0.1) is 0 Å². The zero-order valence-electron chi connectivity index (χ0n) is 19.6. The van der Waals surface area contributed by atoms with Crippen molar-refractivity contribution < 1.29 is 4.74 Å². The molecule has 0 aliphatic carbocycles. The minimum atomic E-state index is 0. The number of likely N-dealkylation sites (tertiary alicyclic amines) is 1. The van der Waals surface area contributed by atoms with Crippen LogP contribution in [0.4, 0.5) is 0 Å². The molecule has 2 atom stereocenters. The van der Waals surface area contributed by atoms with Crippen molar-refractivity contribution in [1.29, 1.82) is 0 Å². The number of piperidine rings is 1. The first-order valence-electron chi connectivity index (χ1n) is 11.3. The van der Waals surface area contributed by atoms with Crippen LogP contribution >= 0.6 is 24.0 Å². The average Bonchev–Trinajstić information content (AvgIpc) is 2.79. The lowest BCUT2D eigenvalue weighted by molar-refractivity contribution is 0.116. The first kappa shape index (κ1) is 26.2. The van der Waals surface area contributed by atoms with Gasteiger partial charge in [-0.25, -0.2) is 0 Å². The van der Waals surface area contributed by atoms with E-state index in [1.807, 2.05) is 7.05 Å². The largest absolute Gasteiger partial charge is 0.497 e. The van der Waals surface area contributed by atoms with Crippen molar-refractivity contribution in [2.24, 2.45) is 4.99 Å². The molecule has 2 saturated heterocycles. The number of likely N-dealkylation sites (N-methyl/N-ethyl adjacent to an activating group) is 2. The van der Waals surface area contributed by atoms with E-state index < -0.39 is 0 Å². The molecule has 31 heavy (non-hydrogen) atoms. The van der Waals surface area contributed by atoms with Gasteiger partial charge in [0.25, 0.3) is 0 Å². The summed E-state index contributed by atoms with van der Waals surface area (Å²) in [7, 11) is 7.99. The molecule has 2 fully saturated rings. The third kappa shape index (κ3) is 7.76. The fourth-order valence-electron chi connectivity index (χ4n) is 4.46. The quantitative estimate of drug-likeness (QED) is 0.312. The molecule has 0 amide bonds. The third-order valence-electron chi connectivity index (χ3n) is 6.50. The highest BCUT2D eigenvalue weighted by atomic mass is 127. The van der Waals surface area contributed by atoms with Gasteiger partial charge in [-0.15, -0.1) is 24.0 Å². The van der Waals surface area contributed by atoms with Crippen LogP contribution in [0.2, 0.25) is 0 Å². The second-order valence-corrected chi connectivity index (χ2v) is 8.62. The number of halogens is 1. The molecule has 8 heteroatoms. The molecular weight excluding hydrogens is 503 g/mol. The molecule has 0 spiro atoms. The highest BCUT2D eigenvalue weighted by Crippen LogP contribution is 2.25. The summed E-state index contributed by atoms with van der Waals surface area (Å²) in [6, 6.07) is 9.36. The van der Waals surface area contributed by atoms with Crippen LogP contribution in [-0.4, -0.2) is 101 Å². The van der Waals surface area contributed by atoms with Crippen LogP contribution in [0.1, 0.15) is 30.9 Å². The number of piperazine rings is 1. The number of rotatable bonds is 7. The van der Waals surface area contributed by atoms with E-state index in [1.54, 1.807) is 7.11 Å². The normalized spacial score (nSPS) is 22.5. The molecule has 1 aromatic carbocycles. The zero-order chi connectivity index (χ0) is 21.3. The lowest BCUT2D eigenvalue weighted by Gasteiger charge is -2.38. The van der Waals surface area contributed by atoms with Crippen LogP contribution in [0.25, 0.3) is 0 Å². The Kier molecular flexibility index (Phi) is 11.3. The van der Waals surface area contributed by atoms with Crippen molar-refractivity contribution in [2.75, 3.05) is 74.1 Å². The zero-order valence-corrected chi connectivity index (χ0v) is 22.0. The van der Waals surface area contributed by atoms with Crippen LogP contribution in [-0.2, 0) is 0 Å². The molecule has 2 N–H and O–H groups in total. The van der Waals surface area contributed by atoms with Gasteiger partial charge < -0.3 is 20.3 Å². The van der Waals surface area contributed by atoms with Gasteiger partial charge in [0.15, 0.2) is 5.96 Å². The number of hydrogen-bond acceptors (Lipinski definition) is 5. The summed E-state index contributed by atoms with van der Waals surface area (Å²) >= 11 is 0. The summed E-state index contributed by atoms with van der Waals surface area (Å²) in [6.07, 6.45) is 3.90. The highest BCUT2D eigenvalue weighted by Gasteiger charge is 2.24. The molecule has 2 unspecified atom stereocenters. The Morgan fingerprint density at radius 3 is 2.42 bits per heavy atom. The Hall–Kier alpha value is -1.10. The molecule has 176 valence electrons. The maximum absolute atomic E-state index is 5.35. The number of nitrogens with one attached hydrogen (secondary N) is 2. The number of guanidine groups is 1. The summed E-state index contributed by atoms with van der Waals surface area (Å²) in [5.41, 5.74) is 1.33.